The Morgan fingerprint density at radius 3 is 2.83 bits per heavy atom. The molecule has 122 valence electrons. The molecule has 24 heavy (non-hydrogen) atoms. The first-order valence-electron chi connectivity index (χ1n) is 7.26. The number of hydrogen-bond acceptors (Lipinski definition) is 4. The summed E-state index contributed by atoms with van der Waals surface area (Å²) in [6, 6.07) is 10.6. The number of nitrogens with zero attached hydrogens (tertiary/aromatic N) is 1. The minimum Gasteiger partial charge on any atom is -0.496 e. The molecule has 0 radical (unpaired) electrons. The van der Waals surface area contributed by atoms with Crippen molar-refractivity contribution in [2.45, 2.75) is 6.54 Å². The van der Waals surface area contributed by atoms with Crippen molar-refractivity contribution in [1.29, 1.82) is 0 Å². The summed E-state index contributed by atoms with van der Waals surface area (Å²) in [6.45, 7) is 0.354. The van der Waals surface area contributed by atoms with Crippen LogP contribution in [-0.4, -0.2) is 18.0 Å². The fourth-order valence-corrected chi connectivity index (χ4v) is 2.42. The summed E-state index contributed by atoms with van der Waals surface area (Å²) in [5.41, 5.74) is 3.01. The molecule has 2 heterocycles. The summed E-state index contributed by atoms with van der Waals surface area (Å²) in [6.07, 6.45) is 4.95. The fraction of sp³-hybridized carbons (Fsp3) is 0.111. The van der Waals surface area contributed by atoms with E-state index in [2.05, 4.69) is 10.3 Å². The van der Waals surface area contributed by atoms with Crippen LogP contribution in [0.4, 0.5) is 0 Å². The summed E-state index contributed by atoms with van der Waals surface area (Å²) in [4.78, 5) is 16.7. The van der Waals surface area contributed by atoms with Crippen molar-refractivity contribution in [3.05, 3.63) is 71.3 Å². The molecule has 0 unspecified atom stereocenters. The van der Waals surface area contributed by atoms with Gasteiger partial charge in [-0.05, 0) is 35.9 Å². The highest BCUT2D eigenvalue weighted by Gasteiger charge is 2.12. The number of carbonyl (C=O) groups is 1. The molecule has 0 spiro atoms. The number of aromatic nitrogens is 1. The molecule has 5 nitrogen and oxygen atoms in total. The second-order valence-electron chi connectivity index (χ2n) is 5.09. The van der Waals surface area contributed by atoms with E-state index in [1.807, 2.05) is 18.2 Å². The second kappa shape index (κ2) is 7.19. The van der Waals surface area contributed by atoms with Gasteiger partial charge in [0.2, 0.25) is 0 Å². The molecule has 0 fully saturated rings. The molecular formula is C18H15ClN2O3. The highest BCUT2D eigenvalue weighted by atomic mass is 35.5. The Hall–Kier alpha value is -2.79. The lowest BCUT2D eigenvalue weighted by Crippen LogP contribution is -2.23. The lowest BCUT2D eigenvalue weighted by Gasteiger charge is -2.10. The van der Waals surface area contributed by atoms with Gasteiger partial charge in [0, 0.05) is 23.3 Å². The largest absolute Gasteiger partial charge is 0.496 e. The Morgan fingerprint density at radius 2 is 2.17 bits per heavy atom. The summed E-state index contributed by atoms with van der Waals surface area (Å²) in [7, 11) is 1.51. The number of hydrogen-bond donors (Lipinski definition) is 1. The van der Waals surface area contributed by atoms with Crippen LogP contribution in [0.2, 0.25) is 5.02 Å². The first-order chi connectivity index (χ1) is 11.7. The highest BCUT2D eigenvalue weighted by Crippen LogP contribution is 2.22. The van der Waals surface area contributed by atoms with Crippen LogP contribution in [0.15, 0.2) is 59.5 Å². The van der Waals surface area contributed by atoms with E-state index >= 15 is 0 Å². The van der Waals surface area contributed by atoms with Crippen molar-refractivity contribution in [1.82, 2.24) is 10.3 Å². The van der Waals surface area contributed by atoms with E-state index in [1.54, 1.807) is 36.9 Å². The first-order valence-corrected chi connectivity index (χ1v) is 7.64. The molecule has 0 atom stereocenters. The van der Waals surface area contributed by atoms with Crippen LogP contribution < -0.4 is 10.1 Å². The Bertz CT molecular complexity index is 830. The monoisotopic (exact) mass is 342 g/mol. The van der Waals surface area contributed by atoms with E-state index in [4.69, 9.17) is 20.8 Å². The predicted molar refractivity (Wildman–Crippen MR) is 91.1 cm³/mol. The molecule has 1 aromatic carbocycles. The lowest BCUT2D eigenvalue weighted by atomic mass is 10.1. The van der Waals surface area contributed by atoms with Gasteiger partial charge in [-0.1, -0.05) is 17.7 Å². The molecule has 2 aromatic heterocycles. The zero-order valence-electron chi connectivity index (χ0n) is 13.0. The van der Waals surface area contributed by atoms with Crippen LogP contribution in [0.25, 0.3) is 11.3 Å². The van der Waals surface area contributed by atoms with Gasteiger partial charge in [-0.3, -0.25) is 9.78 Å². The van der Waals surface area contributed by atoms with E-state index in [0.717, 1.165) is 16.8 Å². The van der Waals surface area contributed by atoms with E-state index in [1.165, 1.54) is 7.11 Å². The van der Waals surface area contributed by atoms with Crippen LogP contribution in [0.5, 0.6) is 5.75 Å². The number of halogens is 1. The van der Waals surface area contributed by atoms with Gasteiger partial charge >= 0.3 is 0 Å². The Labute approximate surface area is 144 Å². The Balaban J connectivity index is 1.67. The number of methoxy groups -OCH3 is 1. The van der Waals surface area contributed by atoms with E-state index in [9.17, 15) is 4.79 Å². The number of pyridine rings is 1. The van der Waals surface area contributed by atoms with Gasteiger partial charge in [0.25, 0.3) is 5.91 Å². The molecule has 0 saturated carbocycles. The number of rotatable bonds is 5. The maximum Gasteiger partial charge on any atom is 0.255 e. The van der Waals surface area contributed by atoms with Crippen LogP contribution in [-0.2, 0) is 6.54 Å². The van der Waals surface area contributed by atoms with Crippen molar-refractivity contribution in [2.75, 3.05) is 7.11 Å². The lowest BCUT2D eigenvalue weighted by molar-refractivity contribution is 0.0948. The normalized spacial score (nSPS) is 10.4. The van der Waals surface area contributed by atoms with Crippen LogP contribution in [0.3, 0.4) is 0 Å². The van der Waals surface area contributed by atoms with Gasteiger partial charge in [0.15, 0.2) is 0 Å². The number of benzene rings is 1. The predicted octanol–water partition coefficient (Wildman–Crippen LogP) is 3.93. The highest BCUT2D eigenvalue weighted by molar-refractivity contribution is 6.31. The first kappa shape index (κ1) is 16.1. The Kier molecular flexibility index (Phi) is 4.82. The van der Waals surface area contributed by atoms with Gasteiger partial charge < -0.3 is 14.5 Å². The van der Waals surface area contributed by atoms with Gasteiger partial charge in [-0.15, -0.1) is 0 Å². The van der Waals surface area contributed by atoms with E-state index in [-0.39, 0.29) is 5.91 Å². The molecule has 1 N–H and O–H groups in total. The zero-order chi connectivity index (χ0) is 16.9. The van der Waals surface area contributed by atoms with Crippen molar-refractivity contribution in [3.8, 4) is 17.0 Å². The van der Waals surface area contributed by atoms with E-state index in [0.29, 0.717) is 22.9 Å². The molecule has 3 rings (SSSR count). The maximum atomic E-state index is 12.3. The van der Waals surface area contributed by atoms with Crippen molar-refractivity contribution >= 4 is 17.5 Å². The summed E-state index contributed by atoms with van der Waals surface area (Å²) in [5.74, 6) is 0.221. The van der Waals surface area contributed by atoms with Crippen LogP contribution >= 0.6 is 11.6 Å². The minimum absolute atomic E-state index is 0.256. The molecule has 0 aliphatic carbocycles. The third-order valence-corrected chi connectivity index (χ3v) is 3.74. The molecule has 0 bridgehead atoms. The fourth-order valence-electron chi connectivity index (χ4n) is 2.25. The molecule has 0 saturated heterocycles. The molecular weight excluding hydrogens is 328 g/mol. The number of nitrogens with one attached hydrogen (secondary N) is 1. The van der Waals surface area contributed by atoms with Crippen LogP contribution in [0.1, 0.15) is 15.9 Å². The SMILES string of the molecule is COc1ccc(Cl)cc1C(=O)NCc1ccc(-c2ccoc2)nc1. The van der Waals surface area contributed by atoms with Gasteiger partial charge in [0.1, 0.15) is 5.75 Å². The van der Waals surface area contributed by atoms with Gasteiger partial charge in [-0.2, -0.15) is 0 Å². The molecule has 0 aliphatic heterocycles. The molecule has 0 aliphatic rings. The van der Waals surface area contributed by atoms with Crippen molar-refractivity contribution < 1.29 is 13.9 Å². The van der Waals surface area contributed by atoms with Crippen LogP contribution in [0, 0.1) is 0 Å². The minimum atomic E-state index is -0.256. The molecule has 1 amide bonds. The molecule has 3 aromatic rings. The number of carbonyl (C=O) groups excluding carboxylic acids is 1. The summed E-state index contributed by atoms with van der Waals surface area (Å²) in [5, 5.41) is 3.31. The quantitative estimate of drug-likeness (QED) is 0.763. The standard InChI is InChI=1S/C18H15ClN2O3/c1-23-17-5-3-14(19)8-15(17)18(22)21-10-12-2-4-16(20-9-12)13-6-7-24-11-13/h2-9,11H,10H2,1H3,(H,21,22). The number of amides is 1. The maximum absolute atomic E-state index is 12.3. The smallest absolute Gasteiger partial charge is 0.255 e. The average Bonchev–Trinajstić information content (AvgIpc) is 3.14. The van der Waals surface area contributed by atoms with Gasteiger partial charge in [-0.25, -0.2) is 0 Å². The molecule has 6 heteroatoms. The van der Waals surface area contributed by atoms with Gasteiger partial charge in [0.05, 0.1) is 30.9 Å². The second-order valence-corrected chi connectivity index (χ2v) is 5.53. The average molecular weight is 343 g/mol. The zero-order valence-corrected chi connectivity index (χ0v) is 13.7. The third kappa shape index (κ3) is 3.58. The number of furan rings is 1. The summed E-state index contributed by atoms with van der Waals surface area (Å²) < 4.78 is 10.2. The Morgan fingerprint density at radius 1 is 1.29 bits per heavy atom. The summed E-state index contributed by atoms with van der Waals surface area (Å²) >= 11 is 5.95. The third-order valence-electron chi connectivity index (χ3n) is 3.50. The van der Waals surface area contributed by atoms with Crippen molar-refractivity contribution in [3.63, 3.8) is 0 Å². The number of ether oxygens (including phenoxy) is 1. The van der Waals surface area contributed by atoms with E-state index < -0.39 is 0 Å². The van der Waals surface area contributed by atoms with Crippen molar-refractivity contribution in [2.24, 2.45) is 0 Å². The topological polar surface area (TPSA) is 64.4 Å².